The Bertz CT molecular complexity index is 756. The number of halogens is 1. The van der Waals surface area contributed by atoms with Crippen LogP contribution in [0.5, 0.6) is 0 Å². The standard InChI is InChI=1S/C18H15ClN2/c1-14-11-15(12-20-17-9-7-16(19)8-10-17)13-21(14)18-5-3-2-4-6-18/h2-13H,1H3. The topological polar surface area (TPSA) is 17.3 Å². The van der Waals surface area contributed by atoms with Crippen molar-refractivity contribution in [2.24, 2.45) is 4.99 Å². The molecule has 0 spiro atoms. The van der Waals surface area contributed by atoms with Crippen LogP contribution in [0.2, 0.25) is 5.02 Å². The summed E-state index contributed by atoms with van der Waals surface area (Å²) < 4.78 is 2.16. The summed E-state index contributed by atoms with van der Waals surface area (Å²) in [6, 6.07) is 19.9. The first-order valence-electron chi connectivity index (χ1n) is 6.76. The SMILES string of the molecule is Cc1cc(C=Nc2ccc(Cl)cc2)cn1-c1ccccc1. The second-order valence-electron chi connectivity index (χ2n) is 4.85. The van der Waals surface area contributed by atoms with Gasteiger partial charge in [-0.2, -0.15) is 0 Å². The fraction of sp³-hybridized carbons (Fsp3) is 0.0556. The second-order valence-corrected chi connectivity index (χ2v) is 5.29. The van der Waals surface area contributed by atoms with E-state index in [0.29, 0.717) is 0 Å². The Kier molecular flexibility index (Phi) is 3.89. The Labute approximate surface area is 129 Å². The van der Waals surface area contributed by atoms with Gasteiger partial charge >= 0.3 is 0 Å². The number of hydrogen-bond acceptors (Lipinski definition) is 1. The lowest BCUT2D eigenvalue weighted by molar-refractivity contribution is 1.02. The van der Waals surface area contributed by atoms with E-state index in [2.05, 4.69) is 40.9 Å². The molecule has 104 valence electrons. The number of aliphatic imine (C=N–C) groups is 1. The van der Waals surface area contributed by atoms with Gasteiger partial charge in [-0.25, -0.2) is 0 Å². The first-order valence-corrected chi connectivity index (χ1v) is 7.14. The Balaban J connectivity index is 1.86. The number of aromatic nitrogens is 1. The predicted octanol–water partition coefficient (Wildman–Crippen LogP) is 5.19. The van der Waals surface area contributed by atoms with E-state index in [0.717, 1.165) is 22.0 Å². The van der Waals surface area contributed by atoms with Crippen molar-refractivity contribution in [3.63, 3.8) is 0 Å². The van der Waals surface area contributed by atoms with Crippen molar-refractivity contribution in [2.75, 3.05) is 0 Å². The molecule has 0 fully saturated rings. The summed E-state index contributed by atoms with van der Waals surface area (Å²) in [6.07, 6.45) is 3.96. The minimum Gasteiger partial charge on any atom is -0.321 e. The van der Waals surface area contributed by atoms with E-state index in [4.69, 9.17) is 11.6 Å². The number of rotatable bonds is 3. The summed E-state index contributed by atoms with van der Waals surface area (Å²) in [4.78, 5) is 4.47. The van der Waals surface area contributed by atoms with Gasteiger partial charge < -0.3 is 4.57 Å². The number of hydrogen-bond donors (Lipinski definition) is 0. The first kappa shape index (κ1) is 13.7. The third kappa shape index (κ3) is 3.23. The Morgan fingerprint density at radius 2 is 1.71 bits per heavy atom. The molecule has 0 atom stereocenters. The molecule has 1 aromatic heterocycles. The molecule has 0 bridgehead atoms. The van der Waals surface area contributed by atoms with Crippen LogP contribution in [-0.2, 0) is 0 Å². The molecule has 3 heteroatoms. The number of nitrogens with zero attached hydrogens (tertiary/aromatic N) is 2. The number of para-hydroxylation sites is 1. The summed E-state index contributed by atoms with van der Waals surface area (Å²) in [5, 5.41) is 0.722. The van der Waals surface area contributed by atoms with Crippen molar-refractivity contribution in [3.05, 3.63) is 83.1 Å². The summed E-state index contributed by atoms with van der Waals surface area (Å²) in [6.45, 7) is 2.09. The fourth-order valence-corrected chi connectivity index (χ4v) is 2.34. The van der Waals surface area contributed by atoms with Crippen LogP contribution >= 0.6 is 11.6 Å². The molecule has 2 nitrogen and oxygen atoms in total. The Morgan fingerprint density at radius 1 is 1.00 bits per heavy atom. The Hall–Kier alpha value is -2.32. The molecule has 0 amide bonds. The lowest BCUT2D eigenvalue weighted by atomic mass is 10.3. The van der Waals surface area contributed by atoms with Crippen LogP contribution < -0.4 is 0 Å². The van der Waals surface area contributed by atoms with Crippen molar-refractivity contribution >= 4 is 23.5 Å². The fourth-order valence-electron chi connectivity index (χ4n) is 2.21. The molecule has 0 unspecified atom stereocenters. The normalized spacial score (nSPS) is 11.1. The lowest BCUT2D eigenvalue weighted by Gasteiger charge is -2.04. The molecule has 0 saturated carbocycles. The van der Waals surface area contributed by atoms with Crippen LogP contribution in [0.1, 0.15) is 11.3 Å². The van der Waals surface area contributed by atoms with Crippen LogP contribution in [0.4, 0.5) is 5.69 Å². The average Bonchev–Trinajstić information content (AvgIpc) is 2.89. The van der Waals surface area contributed by atoms with Gasteiger partial charge in [-0.05, 0) is 49.4 Å². The molecule has 21 heavy (non-hydrogen) atoms. The van der Waals surface area contributed by atoms with Gasteiger partial charge in [0, 0.05) is 34.4 Å². The van der Waals surface area contributed by atoms with E-state index in [9.17, 15) is 0 Å². The summed E-state index contributed by atoms with van der Waals surface area (Å²) >= 11 is 5.87. The van der Waals surface area contributed by atoms with Crippen molar-refractivity contribution in [1.82, 2.24) is 4.57 Å². The zero-order valence-electron chi connectivity index (χ0n) is 11.7. The molecule has 3 rings (SSSR count). The van der Waals surface area contributed by atoms with E-state index < -0.39 is 0 Å². The summed E-state index contributed by atoms with van der Waals surface area (Å²) in [5.41, 5.74) is 4.30. The van der Waals surface area contributed by atoms with E-state index in [1.165, 1.54) is 5.69 Å². The molecular weight excluding hydrogens is 280 g/mol. The van der Waals surface area contributed by atoms with E-state index in [-0.39, 0.29) is 0 Å². The highest BCUT2D eigenvalue weighted by Crippen LogP contribution is 2.17. The summed E-state index contributed by atoms with van der Waals surface area (Å²) in [5.74, 6) is 0. The minimum atomic E-state index is 0.722. The van der Waals surface area contributed by atoms with Crippen LogP contribution in [0, 0.1) is 6.92 Å². The van der Waals surface area contributed by atoms with Crippen LogP contribution in [-0.4, -0.2) is 10.8 Å². The van der Waals surface area contributed by atoms with E-state index in [1.807, 2.05) is 48.7 Å². The molecule has 0 aliphatic heterocycles. The van der Waals surface area contributed by atoms with Gasteiger partial charge in [0.15, 0.2) is 0 Å². The van der Waals surface area contributed by atoms with Crippen molar-refractivity contribution in [3.8, 4) is 5.69 Å². The summed E-state index contributed by atoms with van der Waals surface area (Å²) in [7, 11) is 0. The molecule has 2 aromatic carbocycles. The second kappa shape index (κ2) is 5.98. The molecule has 0 aliphatic carbocycles. The molecule has 0 radical (unpaired) electrons. The van der Waals surface area contributed by atoms with Crippen LogP contribution in [0.25, 0.3) is 5.69 Å². The van der Waals surface area contributed by atoms with Gasteiger partial charge in [-0.3, -0.25) is 4.99 Å². The van der Waals surface area contributed by atoms with E-state index in [1.54, 1.807) is 0 Å². The smallest absolute Gasteiger partial charge is 0.0630 e. The molecular formula is C18H15ClN2. The zero-order chi connectivity index (χ0) is 14.7. The maximum Gasteiger partial charge on any atom is 0.0630 e. The van der Waals surface area contributed by atoms with E-state index >= 15 is 0 Å². The first-order chi connectivity index (χ1) is 10.2. The molecule has 0 saturated heterocycles. The van der Waals surface area contributed by atoms with Gasteiger partial charge in [-0.15, -0.1) is 0 Å². The number of aryl methyl sites for hydroxylation is 1. The maximum absolute atomic E-state index is 5.87. The number of benzene rings is 2. The lowest BCUT2D eigenvalue weighted by Crippen LogP contribution is -1.93. The van der Waals surface area contributed by atoms with Crippen molar-refractivity contribution in [1.29, 1.82) is 0 Å². The van der Waals surface area contributed by atoms with Gasteiger partial charge in [0.05, 0.1) is 5.69 Å². The molecule has 3 aromatic rings. The van der Waals surface area contributed by atoms with Gasteiger partial charge in [0.2, 0.25) is 0 Å². The maximum atomic E-state index is 5.87. The van der Waals surface area contributed by atoms with Gasteiger partial charge in [0.25, 0.3) is 0 Å². The highest BCUT2D eigenvalue weighted by molar-refractivity contribution is 6.30. The third-order valence-electron chi connectivity index (χ3n) is 3.26. The highest BCUT2D eigenvalue weighted by Gasteiger charge is 2.02. The predicted molar refractivity (Wildman–Crippen MR) is 89.2 cm³/mol. The zero-order valence-corrected chi connectivity index (χ0v) is 12.5. The third-order valence-corrected chi connectivity index (χ3v) is 3.51. The minimum absolute atomic E-state index is 0.722. The van der Waals surface area contributed by atoms with Crippen LogP contribution in [0.15, 0.2) is 71.9 Å². The molecule has 0 aliphatic rings. The van der Waals surface area contributed by atoms with Gasteiger partial charge in [0.1, 0.15) is 0 Å². The van der Waals surface area contributed by atoms with Gasteiger partial charge in [-0.1, -0.05) is 29.8 Å². The van der Waals surface area contributed by atoms with Crippen LogP contribution in [0.3, 0.4) is 0 Å². The highest BCUT2D eigenvalue weighted by atomic mass is 35.5. The van der Waals surface area contributed by atoms with Crippen molar-refractivity contribution < 1.29 is 0 Å². The molecule has 1 heterocycles. The largest absolute Gasteiger partial charge is 0.321 e. The van der Waals surface area contributed by atoms with Crippen molar-refractivity contribution in [2.45, 2.75) is 6.92 Å². The monoisotopic (exact) mass is 294 g/mol. The quantitative estimate of drug-likeness (QED) is 0.592. The average molecular weight is 295 g/mol. The Morgan fingerprint density at radius 3 is 2.43 bits per heavy atom. The molecule has 0 N–H and O–H groups in total.